The van der Waals surface area contributed by atoms with Crippen LogP contribution in [0.5, 0.6) is 5.75 Å². The number of nitrogens with one attached hydrogen (secondary N) is 1. The second kappa shape index (κ2) is 12.9. The maximum absolute atomic E-state index is 13.5. The van der Waals surface area contributed by atoms with Crippen LogP contribution in [0.1, 0.15) is 40.9 Å². The van der Waals surface area contributed by atoms with Crippen molar-refractivity contribution in [3.63, 3.8) is 0 Å². The van der Waals surface area contributed by atoms with Gasteiger partial charge in [-0.2, -0.15) is 0 Å². The molecule has 2 aromatic heterocycles. The first-order chi connectivity index (χ1) is 15.6. The summed E-state index contributed by atoms with van der Waals surface area (Å²) < 4.78 is 5.65. The maximum atomic E-state index is 13.5. The minimum atomic E-state index is 0. The summed E-state index contributed by atoms with van der Waals surface area (Å²) >= 11 is 1.49. The number of hydrogen-bond acceptors (Lipinski definition) is 7. The number of nitrogens with two attached hydrogens (primary N) is 1. The molecule has 1 amide bonds. The van der Waals surface area contributed by atoms with Gasteiger partial charge in [-0.15, -0.1) is 36.2 Å². The summed E-state index contributed by atoms with van der Waals surface area (Å²) in [6, 6.07) is 10.5. The van der Waals surface area contributed by atoms with Crippen LogP contribution in [-0.4, -0.2) is 47.0 Å². The van der Waals surface area contributed by atoms with Gasteiger partial charge in [0.05, 0.1) is 12.0 Å². The Morgan fingerprint density at radius 2 is 1.85 bits per heavy atom. The van der Waals surface area contributed by atoms with Crippen molar-refractivity contribution in [1.29, 1.82) is 0 Å². The number of methoxy groups -OCH3 is 1. The Hall–Kier alpha value is -2.39. The maximum Gasteiger partial charge on any atom is 0.264 e. The van der Waals surface area contributed by atoms with Crippen LogP contribution in [0.4, 0.5) is 5.95 Å². The number of benzene rings is 1. The summed E-state index contributed by atoms with van der Waals surface area (Å²) in [7, 11) is 3.67. The van der Waals surface area contributed by atoms with E-state index >= 15 is 0 Å². The van der Waals surface area contributed by atoms with E-state index in [1.807, 2.05) is 41.6 Å². The van der Waals surface area contributed by atoms with Gasteiger partial charge < -0.3 is 20.7 Å². The molecule has 184 valence electrons. The summed E-state index contributed by atoms with van der Waals surface area (Å²) in [4.78, 5) is 24.5. The molecule has 1 saturated carbocycles. The highest BCUT2D eigenvalue weighted by Crippen LogP contribution is 2.31. The van der Waals surface area contributed by atoms with Crippen molar-refractivity contribution in [3.05, 3.63) is 58.5 Å². The van der Waals surface area contributed by atoms with E-state index in [2.05, 4.69) is 21.4 Å². The zero-order valence-electron chi connectivity index (χ0n) is 19.3. The molecule has 1 aliphatic rings. The molecule has 3 N–H and O–H groups in total. The van der Waals surface area contributed by atoms with Gasteiger partial charge in [0.15, 0.2) is 0 Å². The topological polar surface area (TPSA) is 93.4 Å². The molecule has 0 unspecified atom stereocenters. The van der Waals surface area contributed by atoms with Gasteiger partial charge in [0.1, 0.15) is 5.75 Å². The number of nitrogen functional groups attached to an aromatic ring is 1. The zero-order valence-corrected chi connectivity index (χ0v) is 21.7. The minimum absolute atomic E-state index is 0. The van der Waals surface area contributed by atoms with E-state index in [1.165, 1.54) is 11.3 Å². The van der Waals surface area contributed by atoms with Gasteiger partial charge in [0.25, 0.3) is 5.91 Å². The average molecular weight is 525 g/mol. The van der Waals surface area contributed by atoms with Crippen molar-refractivity contribution in [2.75, 3.05) is 19.9 Å². The average Bonchev–Trinajstić information content (AvgIpc) is 3.38. The van der Waals surface area contributed by atoms with Gasteiger partial charge in [-0.3, -0.25) is 4.79 Å². The van der Waals surface area contributed by atoms with Crippen molar-refractivity contribution in [2.24, 2.45) is 0 Å². The predicted molar refractivity (Wildman–Crippen MR) is 142 cm³/mol. The highest BCUT2D eigenvalue weighted by atomic mass is 35.5. The number of carbonyl (C=O) groups is 1. The van der Waals surface area contributed by atoms with Crippen molar-refractivity contribution in [2.45, 2.75) is 44.3 Å². The van der Waals surface area contributed by atoms with Gasteiger partial charge in [-0.1, -0.05) is 12.1 Å². The van der Waals surface area contributed by atoms with E-state index in [0.29, 0.717) is 12.6 Å². The molecule has 1 fully saturated rings. The fraction of sp³-hybridized carbons (Fsp3) is 0.375. The molecule has 0 bridgehead atoms. The van der Waals surface area contributed by atoms with Gasteiger partial charge in [-0.05, 0) is 61.9 Å². The molecule has 34 heavy (non-hydrogen) atoms. The lowest BCUT2D eigenvalue weighted by Gasteiger charge is -2.37. The number of hydrogen-bond donors (Lipinski definition) is 2. The number of thiophene rings is 1. The predicted octanol–water partition coefficient (Wildman–Crippen LogP) is 4.81. The number of ether oxygens (including phenoxy) is 1. The summed E-state index contributed by atoms with van der Waals surface area (Å²) in [6.45, 7) is 0.485. The van der Waals surface area contributed by atoms with E-state index in [9.17, 15) is 4.79 Å². The lowest BCUT2D eigenvalue weighted by molar-refractivity contribution is 0.0604. The number of carbonyl (C=O) groups excluding carboxylic acids is 1. The van der Waals surface area contributed by atoms with E-state index in [-0.39, 0.29) is 42.7 Å². The third-order valence-corrected chi connectivity index (χ3v) is 7.02. The van der Waals surface area contributed by atoms with Gasteiger partial charge in [0, 0.05) is 42.1 Å². The molecule has 0 aliphatic heterocycles. The SMILES string of the molecule is CNC1CCC(N(Cc2cc(-c3cnc(N)nc3)ccc2OC)C(=O)c2cccs2)CC1.Cl.Cl. The fourth-order valence-corrected chi connectivity index (χ4v) is 5.02. The van der Waals surface area contributed by atoms with E-state index in [4.69, 9.17) is 10.5 Å². The highest BCUT2D eigenvalue weighted by molar-refractivity contribution is 7.12. The second-order valence-corrected chi connectivity index (χ2v) is 9.01. The molecule has 10 heteroatoms. The van der Waals surface area contributed by atoms with Crippen molar-refractivity contribution < 1.29 is 9.53 Å². The van der Waals surface area contributed by atoms with Crippen LogP contribution in [0, 0.1) is 0 Å². The van der Waals surface area contributed by atoms with Crippen LogP contribution in [0.25, 0.3) is 11.1 Å². The molecule has 4 rings (SSSR count). The Morgan fingerprint density at radius 1 is 1.15 bits per heavy atom. The number of halogens is 2. The minimum Gasteiger partial charge on any atom is -0.496 e. The number of aromatic nitrogens is 2. The first kappa shape index (κ1) is 27.9. The largest absolute Gasteiger partial charge is 0.496 e. The van der Waals surface area contributed by atoms with Crippen LogP contribution in [-0.2, 0) is 6.54 Å². The lowest BCUT2D eigenvalue weighted by atomic mass is 9.89. The van der Waals surface area contributed by atoms with Crippen LogP contribution in [0.15, 0.2) is 48.1 Å². The number of anilines is 1. The number of amides is 1. The molecule has 1 aliphatic carbocycles. The molecule has 7 nitrogen and oxygen atoms in total. The third kappa shape index (κ3) is 6.39. The lowest BCUT2D eigenvalue weighted by Crippen LogP contribution is -2.44. The smallest absolute Gasteiger partial charge is 0.264 e. The Morgan fingerprint density at radius 3 is 2.44 bits per heavy atom. The molecule has 3 aromatic rings. The van der Waals surface area contributed by atoms with E-state index in [0.717, 1.165) is 53.0 Å². The van der Waals surface area contributed by atoms with Gasteiger partial charge >= 0.3 is 0 Å². The Kier molecular flexibility index (Phi) is 10.6. The molecule has 2 heterocycles. The Bertz CT molecular complexity index is 1040. The Balaban J connectivity index is 0.00000204. The van der Waals surface area contributed by atoms with E-state index < -0.39 is 0 Å². The van der Waals surface area contributed by atoms with Crippen LogP contribution in [0.2, 0.25) is 0 Å². The highest BCUT2D eigenvalue weighted by Gasteiger charge is 2.30. The third-order valence-electron chi connectivity index (χ3n) is 6.16. The van der Waals surface area contributed by atoms with Crippen molar-refractivity contribution >= 4 is 48.0 Å². The van der Waals surface area contributed by atoms with Crippen LogP contribution in [0.3, 0.4) is 0 Å². The molecule has 0 atom stereocenters. The Labute approximate surface area is 216 Å². The molecular formula is C24H31Cl2N5O2S. The standard InChI is InChI=1S/C24H29N5O2S.2ClH/c1-26-19-6-8-20(9-7-19)29(23(30)22-4-3-11-32-22)15-17-12-16(5-10-21(17)31-2)18-13-27-24(25)28-14-18;;/h3-5,10-14,19-20,26H,6-9,15H2,1-2H3,(H2,25,27,28);2*1H. The summed E-state index contributed by atoms with van der Waals surface area (Å²) in [5.74, 6) is 1.08. The van der Waals surface area contributed by atoms with Crippen molar-refractivity contribution in [3.8, 4) is 16.9 Å². The molecule has 1 aromatic carbocycles. The molecule has 0 radical (unpaired) electrons. The van der Waals surface area contributed by atoms with Gasteiger partial charge in [-0.25, -0.2) is 9.97 Å². The molecule has 0 spiro atoms. The molecular weight excluding hydrogens is 493 g/mol. The second-order valence-electron chi connectivity index (χ2n) is 8.06. The van der Waals surface area contributed by atoms with Crippen LogP contribution < -0.4 is 15.8 Å². The first-order valence-electron chi connectivity index (χ1n) is 10.9. The van der Waals surface area contributed by atoms with Gasteiger partial charge in [0.2, 0.25) is 5.95 Å². The zero-order chi connectivity index (χ0) is 22.5. The van der Waals surface area contributed by atoms with E-state index in [1.54, 1.807) is 19.5 Å². The normalized spacial score (nSPS) is 17.2. The van der Waals surface area contributed by atoms with Crippen molar-refractivity contribution in [1.82, 2.24) is 20.2 Å². The monoisotopic (exact) mass is 523 g/mol. The fourth-order valence-electron chi connectivity index (χ4n) is 4.34. The number of nitrogens with zero attached hydrogens (tertiary/aromatic N) is 3. The summed E-state index contributed by atoms with van der Waals surface area (Å²) in [5.41, 5.74) is 8.43. The number of rotatable bonds is 7. The summed E-state index contributed by atoms with van der Waals surface area (Å²) in [6.07, 6.45) is 7.51. The van der Waals surface area contributed by atoms with Crippen LogP contribution >= 0.6 is 36.2 Å². The first-order valence-corrected chi connectivity index (χ1v) is 11.7. The quantitative estimate of drug-likeness (QED) is 0.461. The summed E-state index contributed by atoms with van der Waals surface area (Å²) in [5, 5.41) is 5.33. The molecule has 0 saturated heterocycles.